The van der Waals surface area contributed by atoms with Gasteiger partial charge in [-0.3, -0.25) is 0 Å². The fourth-order valence-corrected chi connectivity index (χ4v) is 3.33. The third kappa shape index (κ3) is 3.44. The third-order valence-electron chi connectivity index (χ3n) is 2.81. The van der Waals surface area contributed by atoms with Crippen molar-refractivity contribution in [1.82, 2.24) is 4.72 Å². The van der Waals surface area contributed by atoms with Gasteiger partial charge >= 0.3 is 0 Å². The lowest BCUT2D eigenvalue weighted by molar-refractivity contribution is 0.530. The van der Waals surface area contributed by atoms with Gasteiger partial charge in [0.05, 0.1) is 4.90 Å². The van der Waals surface area contributed by atoms with Crippen LogP contribution in [0.3, 0.4) is 0 Å². The van der Waals surface area contributed by atoms with Gasteiger partial charge in [-0.1, -0.05) is 19.9 Å². The molecular formula is C12H20N2O2S. The fourth-order valence-electron chi connectivity index (χ4n) is 1.64. The van der Waals surface area contributed by atoms with Crippen molar-refractivity contribution in [3.05, 3.63) is 23.8 Å². The maximum Gasteiger partial charge on any atom is 0.241 e. The van der Waals surface area contributed by atoms with E-state index >= 15 is 0 Å². The van der Waals surface area contributed by atoms with Gasteiger partial charge in [0.15, 0.2) is 0 Å². The summed E-state index contributed by atoms with van der Waals surface area (Å²) < 4.78 is 27.0. The molecule has 5 heteroatoms. The van der Waals surface area contributed by atoms with Crippen LogP contribution in [-0.2, 0) is 10.0 Å². The molecule has 0 unspecified atom stereocenters. The van der Waals surface area contributed by atoms with Gasteiger partial charge in [-0.2, -0.15) is 0 Å². The Hall–Kier alpha value is -1.07. The molecule has 17 heavy (non-hydrogen) atoms. The summed E-state index contributed by atoms with van der Waals surface area (Å²) in [6.45, 7) is 5.69. The molecule has 1 rings (SSSR count). The van der Waals surface area contributed by atoms with Crippen molar-refractivity contribution in [2.45, 2.75) is 44.6 Å². The second-order valence-corrected chi connectivity index (χ2v) is 5.84. The lowest BCUT2D eigenvalue weighted by Crippen LogP contribution is -2.34. The summed E-state index contributed by atoms with van der Waals surface area (Å²) in [5.41, 5.74) is 6.79. The SMILES string of the molecule is CCC(CC)NS(=O)(=O)c1cc(N)ccc1C. The Balaban J connectivity index is 3.09. The first-order valence-electron chi connectivity index (χ1n) is 5.79. The van der Waals surface area contributed by atoms with Crippen LogP contribution in [0.2, 0.25) is 0 Å². The van der Waals surface area contributed by atoms with Crippen molar-refractivity contribution in [1.29, 1.82) is 0 Å². The van der Waals surface area contributed by atoms with Crippen LogP contribution in [0.1, 0.15) is 32.3 Å². The molecule has 0 saturated carbocycles. The molecule has 4 nitrogen and oxygen atoms in total. The molecule has 0 saturated heterocycles. The van der Waals surface area contributed by atoms with Crippen molar-refractivity contribution in [3.8, 4) is 0 Å². The van der Waals surface area contributed by atoms with E-state index in [2.05, 4.69) is 4.72 Å². The van der Waals surface area contributed by atoms with Crippen LogP contribution in [0, 0.1) is 6.92 Å². The molecular weight excluding hydrogens is 236 g/mol. The average Bonchev–Trinajstić information content (AvgIpc) is 2.29. The van der Waals surface area contributed by atoms with Crippen LogP contribution in [0.4, 0.5) is 5.69 Å². The number of rotatable bonds is 5. The first-order chi connectivity index (χ1) is 7.90. The summed E-state index contributed by atoms with van der Waals surface area (Å²) in [7, 11) is -3.47. The third-order valence-corrected chi connectivity index (χ3v) is 4.47. The number of nitrogen functional groups attached to an aromatic ring is 1. The van der Waals surface area contributed by atoms with Crippen LogP contribution in [0.15, 0.2) is 23.1 Å². The highest BCUT2D eigenvalue weighted by atomic mass is 32.2. The smallest absolute Gasteiger partial charge is 0.241 e. The number of benzene rings is 1. The largest absolute Gasteiger partial charge is 0.399 e. The maximum atomic E-state index is 12.2. The Bertz CT molecular complexity index is 479. The molecule has 0 radical (unpaired) electrons. The maximum absolute atomic E-state index is 12.2. The van der Waals surface area contributed by atoms with Gasteiger partial charge in [-0.05, 0) is 37.5 Å². The Kier molecular flexibility index (Phi) is 4.54. The van der Waals surface area contributed by atoms with Crippen molar-refractivity contribution in [2.75, 3.05) is 5.73 Å². The van der Waals surface area contributed by atoms with Gasteiger partial charge in [0.2, 0.25) is 10.0 Å². The van der Waals surface area contributed by atoms with E-state index in [1.54, 1.807) is 19.1 Å². The summed E-state index contributed by atoms with van der Waals surface area (Å²) in [4.78, 5) is 0.268. The topological polar surface area (TPSA) is 72.2 Å². The van der Waals surface area contributed by atoms with Gasteiger partial charge in [0.25, 0.3) is 0 Å². The summed E-state index contributed by atoms with van der Waals surface area (Å²) in [6.07, 6.45) is 1.55. The lowest BCUT2D eigenvalue weighted by Gasteiger charge is -2.16. The van der Waals surface area contributed by atoms with E-state index in [-0.39, 0.29) is 10.9 Å². The molecule has 3 N–H and O–H groups in total. The van der Waals surface area contributed by atoms with Crippen molar-refractivity contribution in [2.24, 2.45) is 0 Å². The van der Waals surface area contributed by atoms with E-state index < -0.39 is 10.0 Å². The Labute approximate surface area is 103 Å². The highest BCUT2D eigenvalue weighted by molar-refractivity contribution is 7.89. The molecule has 0 fully saturated rings. The van der Waals surface area contributed by atoms with Crippen molar-refractivity contribution < 1.29 is 8.42 Å². The minimum Gasteiger partial charge on any atom is -0.399 e. The van der Waals surface area contributed by atoms with Crippen LogP contribution < -0.4 is 10.5 Å². The normalized spacial score (nSPS) is 12.0. The van der Waals surface area contributed by atoms with Crippen molar-refractivity contribution in [3.63, 3.8) is 0 Å². The van der Waals surface area contributed by atoms with Gasteiger partial charge in [-0.25, -0.2) is 13.1 Å². The van der Waals surface area contributed by atoms with E-state index in [0.29, 0.717) is 11.3 Å². The number of sulfonamides is 1. The second kappa shape index (κ2) is 5.51. The van der Waals surface area contributed by atoms with Gasteiger partial charge in [-0.15, -0.1) is 0 Å². The molecule has 0 aromatic heterocycles. The van der Waals surface area contributed by atoms with Crippen LogP contribution in [-0.4, -0.2) is 14.5 Å². The van der Waals surface area contributed by atoms with E-state index in [0.717, 1.165) is 12.8 Å². The Morgan fingerprint density at radius 1 is 1.29 bits per heavy atom. The molecule has 1 aromatic carbocycles. The average molecular weight is 256 g/mol. The summed E-state index contributed by atoms with van der Waals surface area (Å²) in [5, 5.41) is 0. The molecule has 1 aromatic rings. The standard InChI is InChI=1S/C12H20N2O2S/c1-4-11(5-2)14-17(15,16)12-8-10(13)7-6-9(12)3/h6-8,11,14H,4-5,13H2,1-3H3. The zero-order chi connectivity index (χ0) is 13.1. The molecule has 0 bridgehead atoms. The first kappa shape index (κ1) is 14.0. The summed E-state index contributed by atoms with van der Waals surface area (Å²) in [5.74, 6) is 0. The minimum atomic E-state index is -3.47. The highest BCUT2D eigenvalue weighted by Gasteiger charge is 2.20. The monoisotopic (exact) mass is 256 g/mol. The van der Waals surface area contributed by atoms with Crippen LogP contribution >= 0.6 is 0 Å². The molecule has 0 atom stereocenters. The number of aryl methyl sites for hydroxylation is 1. The molecule has 96 valence electrons. The van der Waals surface area contributed by atoms with E-state index in [1.165, 1.54) is 6.07 Å². The predicted octanol–water partition coefficient (Wildman–Crippen LogP) is 2.04. The lowest BCUT2D eigenvalue weighted by atomic mass is 10.2. The zero-order valence-corrected chi connectivity index (χ0v) is 11.3. The molecule has 0 aliphatic rings. The number of anilines is 1. The molecule has 0 spiro atoms. The molecule has 0 aliphatic heterocycles. The summed E-state index contributed by atoms with van der Waals surface area (Å²) >= 11 is 0. The van der Waals surface area contributed by atoms with E-state index in [9.17, 15) is 8.42 Å². The highest BCUT2D eigenvalue weighted by Crippen LogP contribution is 2.19. The minimum absolute atomic E-state index is 0.0270. The van der Waals surface area contributed by atoms with E-state index in [1.807, 2.05) is 13.8 Å². The van der Waals surface area contributed by atoms with Gasteiger partial charge < -0.3 is 5.73 Å². The fraction of sp³-hybridized carbons (Fsp3) is 0.500. The first-order valence-corrected chi connectivity index (χ1v) is 7.27. The zero-order valence-electron chi connectivity index (χ0n) is 10.5. The Morgan fingerprint density at radius 2 is 1.88 bits per heavy atom. The van der Waals surface area contributed by atoms with Crippen LogP contribution in [0.25, 0.3) is 0 Å². The number of hydrogen-bond acceptors (Lipinski definition) is 3. The van der Waals surface area contributed by atoms with Crippen molar-refractivity contribution >= 4 is 15.7 Å². The molecule has 0 aliphatic carbocycles. The molecule has 0 heterocycles. The molecule has 0 amide bonds. The Morgan fingerprint density at radius 3 is 2.41 bits per heavy atom. The number of hydrogen-bond donors (Lipinski definition) is 2. The van der Waals surface area contributed by atoms with Gasteiger partial charge in [0.1, 0.15) is 0 Å². The quantitative estimate of drug-likeness (QED) is 0.792. The van der Waals surface area contributed by atoms with E-state index in [4.69, 9.17) is 5.73 Å². The van der Waals surface area contributed by atoms with Gasteiger partial charge in [0, 0.05) is 11.7 Å². The summed E-state index contributed by atoms with van der Waals surface area (Å²) in [6, 6.07) is 4.89. The number of nitrogens with two attached hydrogens (primary N) is 1. The van der Waals surface area contributed by atoms with Crippen LogP contribution in [0.5, 0.6) is 0 Å². The predicted molar refractivity (Wildman–Crippen MR) is 70.3 cm³/mol. The number of nitrogens with one attached hydrogen (secondary N) is 1. The second-order valence-electron chi connectivity index (χ2n) is 4.16.